The van der Waals surface area contributed by atoms with Crippen molar-refractivity contribution >= 4 is 10.0 Å². The van der Waals surface area contributed by atoms with Gasteiger partial charge in [0.05, 0.1) is 4.90 Å². The molecule has 1 aliphatic carbocycles. The Balaban J connectivity index is 1.94. The van der Waals surface area contributed by atoms with E-state index in [1.54, 1.807) is 10.4 Å². The number of rotatable bonds is 2. The highest BCUT2D eigenvalue weighted by atomic mass is 32.2. The number of sulfonamides is 1. The Kier molecular flexibility index (Phi) is 3.87. The lowest BCUT2D eigenvalue weighted by Crippen LogP contribution is -2.41. The highest BCUT2D eigenvalue weighted by Crippen LogP contribution is 2.28. The average molecular weight is 293 g/mol. The monoisotopic (exact) mass is 293 g/mol. The predicted octanol–water partition coefficient (Wildman–Crippen LogP) is 3.13. The first-order valence-electron chi connectivity index (χ1n) is 7.73. The molecule has 4 heteroatoms. The minimum absolute atomic E-state index is 0.129. The van der Waals surface area contributed by atoms with Crippen LogP contribution >= 0.6 is 0 Å². The highest BCUT2D eigenvalue weighted by Gasteiger charge is 2.31. The van der Waals surface area contributed by atoms with E-state index < -0.39 is 10.0 Å². The van der Waals surface area contributed by atoms with Gasteiger partial charge in [-0.1, -0.05) is 12.5 Å². The minimum Gasteiger partial charge on any atom is -0.207 e. The highest BCUT2D eigenvalue weighted by molar-refractivity contribution is 7.89. The molecule has 110 valence electrons. The lowest BCUT2D eigenvalue weighted by molar-refractivity contribution is 0.268. The summed E-state index contributed by atoms with van der Waals surface area (Å²) in [5.41, 5.74) is 2.57. The van der Waals surface area contributed by atoms with Crippen LogP contribution in [0, 0.1) is 0 Å². The number of piperidine rings is 1. The molecule has 2 aliphatic rings. The van der Waals surface area contributed by atoms with Gasteiger partial charge in [0.1, 0.15) is 0 Å². The lowest BCUT2D eigenvalue weighted by atomic mass is 9.92. The Morgan fingerprint density at radius 1 is 1.05 bits per heavy atom. The normalized spacial score (nSPS) is 24.4. The zero-order chi connectivity index (χ0) is 14.2. The van der Waals surface area contributed by atoms with Gasteiger partial charge in [-0.25, -0.2) is 8.42 Å². The summed E-state index contributed by atoms with van der Waals surface area (Å²) < 4.78 is 27.3. The van der Waals surface area contributed by atoms with Crippen LogP contribution in [-0.4, -0.2) is 25.3 Å². The van der Waals surface area contributed by atoms with Crippen LogP contribution in [0.25, 0.3) is 0 Å². The molecule has 1 fully saturated rings. The third kappa shape index (κ3) is 2.51. The molecule has 1 atom stereocenters. The van der Waals surface area contributed by atoms with Crippen LogP contribution < -0.4 is 0 Å². The van der Waals surface area contributed by atoms with Gasteiger partial charge in [-0.2, -0.15) is 4.31 Å². The summed E-state index contributed by atoms with van der Waals surface area (Å²) in [7, 11) is -3.31. The molecule has 1 aromatic rings. The average Bonchev–Trinajstić information content (AvgIpc) is 2.47. The molecule has 0 bridgehead atoms. The second-order valence-corrected chi connectivity index (χ2v) is 7.99. The molecule has 1 heterocycles. The molecular weight excluding hydrogens is 270 g/mol. The van der Waals surface area contributed by atoms with Crippen molar-refractivity contribution in [3.63, 3.8) is 0 Å². The van der Waals surface area contributed by atoms with Crippen molar-refractivity contribution in [1.29, 1.82) is 0 Å². The number of hydrogen-bond acceptors (Lipinski definition) is 2. The Labute approximate surface area is 122 Å². The maximum Gasteiger partial charge on any atom is 0.243 e. The van der Waals surface area contributed by atoms with Gasteiger partial charge in [-0.15, -0.1) is 0 Å². The van der Waals surface area contributed by atoms with E-state index >= 15 is 0 Å². The van der Waals surface area contributed by atoms with Gasteiger partial charge in [-0.05, 0) is 68.7 Å². The van der Waals surface area contributed by atoms with Crippen molar-refractivity contribution in [2.45, 2.75) is 62.8 Å². The number of aryl methyl sites for hydroxylation is 2. The summed E-state index contributed by atoms with van der Waals surface area (Å²) in [5, 5.41) is 0. The van der Waals surface area contributed by atoms with E-state index in [1.165, 1.54) is 24.0 Å². The minimum atomic E-state index is -3.31. The van der Waals surface area contributed by atoms with Crippen molar-refractivity contribution in [1.82, 2.24) is 4.31 Å². The molecule has 3 nitrogen and oxygen atoms in total. The molecule has 0 aromatic heterocycles. The molecule has 0 radical (unpaired) electrons. The zero-order valence-corrected chi connectivity index (χ0v) is 13.0. The maximum atomic E-state index is 12.8. The SMILES string of the molecule is CC1CCCCN1S(=O)(=O)c1ccc2c(c1)CCCC2. The van der Waals surface area contributed by atoms with Gasteiger partial charge in [0, 0.05) is 12.6 Å². The second kappa shape index (κ2) is 5.49. The van der Waals surface area contributed by atoms with Crippen molar-refractivity contribution in [3.8, 4) is 0 Å². The largest absolute Gasteiger partial charge is 0.243 e. The second-order valence-electron chi connectivity index (χ2n) is 6.10. The summed E-state index contributed by atoms with van der Waals surface area (Å²) in [6.45, 7) is 2.69. The topological polar surface area (TPSA) is 37.4 Å². The van der Waals surface area contributed by atoms with E-state index in [0.29, 0.717) is 11.4 Å². The molecular formula is C16H23NO2S. The van der Waals surface area contributed by atoms with Crippen LogP contribution in [0.5, 0.6) is 0 Å². The number of nitrogens with zero attached hydrogens (tertiary/aromatic N) is 1. The Morgan fingerprint density at radius 3 is 2.55 bits per heavy atom. The van der Waals surface area contributed by atoms with Gasteiger partial charge in [0.25, 0.3) is 0 Å². The first kappa shape index (κ1) is 14.1. The number of hydrogen-bond donors (Lipinski definition) is 0. The van der Waals surface area contributed by atoms with Crippen molar-refractivity contribution < 1.29 is 8.42 Å². The number of benzene rings is 1. The third-order valence-electron chi connectivity index (χ3n) is 4.67. The van der Waals surface area contributed by atoms with E-state index in [-0.39, 0.29) is 6.04 Å². The predicted molar refractivity (Wildman–Crippen MR) is 80.3 cm³/mol. The van der Waals surface area contributed by atoms with Crippen LogP contribution in [0.1, 0.15) is 50.2 Å². The van der Waals surface area contributed by atoms with E-state index in [4.69, 9.17) is 0 Å². The van der Waals surface area contributed by atoms with E-state index in [9.17, 15) is 8.42 Å². The fraction of sp³-hybridized carbons (Fsp3) is 0.625. The van der Waals surface area contributed by atoms with Gasteiger partial charge < -0.3 is 0 Å². The fourth-order valence-electron chi connectivity index (χ4n) is 3.43. The van der Waals surface area contributed by atoms with Gasteiger partial charge >= 0.3 is 0 Å². The Morgan fingerprint density at radius 2 is 1.80 bits per heavy atom. The summed E-state index contributed by atoms with van der Waals surface area (Å²) >= 11 is 0. The Bertz CT molecular complexity index is 594. The molecule has 0 amide bonds. The van der Waals surface area contributed by atoms with Crippen LogP contribution in [0.2, 0.25) is 0 Å². The number of fused-ring (bicyclic) bond motifs is 1. The summed E-state index contributed by atoms with van der Waals surface area (Å²) in [6, 6.07) is 5.88. The summed E-state index contributed by atoms with van der Waals surface area (Å²) in [6.07, 6.45) is 7.61. The zero-order valence-electron chi connectivity index (χ0n) is 12.1. The van der Waals surface area contributed by atoms with Crippen LogP contribution in [-0.2, 0) is 22.9 Å². The van der Waals surface area contributed by atoms with E-state index in [1.807, 2.05) is 19.1 Å². The molecule has 3 rings (SSSR count). The first-order valence-corrected chi connectivity index (χ1v) is 9.17. The molecule has 1 aromatic carbocycles. The van der Waals surface area contributed by atoms with Crippen molar-refractivity contribution in [2.24, 2.45) is 0 Å². The van der Waals surface area contributed by atoms with E-state index in [0.717, 1.165) is 32.1 Å². The van der Waals surface area contributed by atoms with Crippen LogP contribution in [0.4, 0.5) is 0 Å². The van der Waals surface area contributed by atoms with Gasteiger partial charge in [0.2, 0.25) is 10.0 Å². The molecule has 1 aliphatic heterocycles. The Hall–Kier alpha value is -0.870. The maximum absolute atomic E-state index is 12.8. The smallest absolute Gasteiger partial charge is 0.207 e. The standard InChI is InChI=1S/C16H23NO2S/c1-13-6-4-5-11-17(13)20(18,19)16-10-9-14-7-2-3-8-15(14)12-16/h9-10,12-13H,2-8,11H2,1H3. The third-order valence-corrected chi connectivity index (χ3v) is 6.68. The van der Waals surface area contributed by atoms with Crippen molar-refractivity contribution in [2.75, 3.05) is 6.54 Å². The van der Waals surface area contributed by atoms with Crippen molar-refractivity contribution in [3.05, 3.63) is 29.3 Å². The first-order chi connectivity index (χ1) is 9.59. The van der Waals surface area contributed by atoms with Crippen LogP contribution in [0.3, 0.4) is 0 Å². The molecule has 20 heavy (non-hydrogen) atoms. The molecule has 1 unspecified atom stereocenters. The molecule has 0 N–H and O–H groups in total. The fourth-order valence-corrected chi connectivity index (χ4v) is 5.19. The van der Waals surface area contributed by atoms with E-state index in [2.05, 4.69) is 0 Å². The quantitative estimate of drug-likeness (QED) is 0.840. The summed E-state index contributed by atoms with van der Waals surface area (Å²) in [5.74, 6) is 0. The van der Waals surface area contributed by atoms with Gasteiger partial charge in [-0.3, -0.25) is 0 Å². The molecule has 1 saturated heterocycles. The molecule has 0 saturated carbocycles. The molecule has 0 spiro atoms. The lowest BCUT2D eigenvalue weighted by Gasteiger charge is -2.32. The van der Waals surface area contributed by atoms with Crippen LogP contribution in [0.15, 0.2) is 23.1 Å². The van der Waals surface area contributed by atoms with Gasteiger partial charge in [0.15, 0.2) is 0 Å². The summed E-state index contributed by atoms with van der Waals surface area (Å²) in [4.78, 5) is 0.493.